The zero-order valence-corrected chi connectivity index (χ0v) is 10.1. The molecule has 0 saturated carbocycles. The number of amides is 1. The number of cyclic esters (lactones) is 1. The standard InChI is InChI=1S/C11H10BrNO3/c12-9-6-8(13-2-4-16-11(13)14)5-7-1-3-15-10(7)9/h5-6H,1-4H2. The first-order valence-corrected chi connectivity index (χ1v) is 5.94. The molecule has 0 bridgehead atoms. The molecule has 1 aromatic carbocycles. The second-order valence-corrected chi connectivity index (χ2v) is 4.63. The smallest absolute Gasteiger partial charge is 0.414 e. The van der Waals surface area contributed by atoms with E-state index >= 15 is 0 Å². The van der Waals surface area contributed by atoms with Crippen molar-refractivity contribution in [1.29, 1.82) is 0 Å². The molecule has 4 nitrogen and oxygen atoms in total. The van der Waals surface area contributed by atoms with Gasteiger partial charge in [0.25, 0.3) is 0 Å². The van der Waals surface area contributed by atoms with E-state index in [0.717, 1.165) is 27.9 Å². The monoisotopic (exact) mass is 283 g/mol. The quantitative estimate of drug-likeness (QED) is 0.794. The number of fused-ring (bicyclic) bond motifs is 1. The third kappa shape index (κ3) is 1.46. The Bertz CT molecular complexity index is 461. The number of benzene rings is 1. The predicted molar refractivity (Wildman–Crippen MR) is 62.0 cm³/mol. The second-order valence-electron chi connectivity index (χ2n) is 3.78. The number of ether oxygens (including phenoxy) is 2. The molecule has 1 fully saturated rings. The molecule has 2 heterocycles. The van der Waals surface area contributed by atoms with Gasteiger partial charge in [0, 0.05) is 17.7 Å². The van der Waals surface area contributed by atoms with Crippen molar-refractivity contribution < 1.29 is 14.3 Å². The topological polar surface area (TPSA) is 38.8 Å². The third-order valence-electron chi connectivity index (χ3n) is 2.80. The van der Waals surface area contributed by atoms with Gasteiger partial charge in [-0.1, -0.05) is 0 Å². The van der Waals surface area contributed by atoms with Crippen molar-refractivity contribution in [3.8, 4) is 5.75 Å². The molecule has 0 atom stereocenters. The van der Waals surface area contributed by atoms with Gasteiger partial charge < -0.3 is 9.47 Å². The van der Waals surface area contributed by atoms with Crippen molar-refractivity contribution >= 4 is 27.7 Å². The summed E-state index contributed by atoms with van der Waals surface area (Å²) < 4.78 is 11.3. The fourth-order valence-electron chi connectivity index (χ4n) is 2.03. The Balaban J connectivity index is 2.02. The normalized spacial score (nSPS) is 18.3. The van der Waals surface area contributed by atoms with E-state index in [4.69, 9.17) is 9.47 Å². The van der Waals surface area contributed by atoms with Gasteiger partial charge in [0.2, 0.25) is 0 Å². The maximum atomic E-state index is 11.4. The number of carbonyl (C=O) groups excluding carboxylic acids is 1. The highest BCUT2D eigenvalue weighted by atomic mass is 79.9. The second kappa shape index (κ2) is 3.66. The number of hydrogen-bond acceptors (Lipinski definition) is 3. The molecule has 1 saturated heterocycles. The van der Waals surface area contributed by atoms with Crippen LogP contribution < -0.4 is 9.64 Å². The first-order chi connectivity index (χ1) is 7.75. The minimum atomic E-state index is -0.272. The summed E-state index contributed by atoms with van der Waals surface area (Å²) in [4.78, 5) is 13.1. The summed E-state index contributed by atoms with van der Waals surface area (Å²) in [5.74, 6) is 0.899. The van der Waals surface area contributed by atoms with E-state index in [9.17, 15) is 4.79 Å². The largest absolute Gasteiger partial charge is 0.492 e. The van der Waals surface area contributed by atoms with Crippen LogP contribution in [0.25, 0.3) is 0 Å². The minimum absolute atomic E-state index is 0.272. The highest BCUT2D eigenvalue weighted by molar-refractivity contribution is 9.10. The summed E-state index contributed by atoms with van der Waals surface area (Å²) in [5.41, 5.74) is 2.02. The summed E-state index contributed by atoms with van der Waals surface area (Å²) >= 11 is 3.46. The summed E-state index contributed by atoms with van der Waals surface area (Å²) in [6.45, 7) is 1.79. The molecule has 2 aliphatic heterocycles. The van der Waals surface area contributed by atoms with Crippen molar-refractivity contribution in [2.75, 3.05) is 24.7 Å². The molecule has 84 valence electrons. The lowest BCUT2D eigenvalue weighted by atomic mass is 10.1. The highest BCUT2D eigenvalue weighted by Gasteiger charge is 2.26. The van der Waals surface area contributed by atoms with Gasteiger partial charge in [-0.2, -0.15) is 0 Å². The lowest BCUT2D eigenvalue weighted by molar-refractivity contribution is 0.181. The van der Waals surface area contributed by atoms with Crippen LogP contribution in [-0.4, -0.2) is 25.9 Å². The third-order valence-corrected chi connectivity index (χ3v) is 3.38. The molecule has 16 heavy (non-hydrogen) atoms. The van der Waals surface area contributed by atoms with Crippen molar-refractivity contribution in [1.82, 2.24) is 0 Å². The fraction of sp³-hybridized carbons (Fsp3) is 0.364. The van der Waals surface area contributed by atoms with Crippen LogP contribution >= 0.6 is 15.9 Å². The SMILES string of the molecule is O=C1OCCN1c1cc(Br)c2c(c1)CCO2. The molecular formula is C11H10BrNO3. The zero-order valence-electron chi connectivity index (χ0n) is 8.53. The Morgan fingerprint density at radius 3 is 2.88 bits per heavy atom. The van der Waals surface area contributed by atoms with Crippen molar-refractivity contribution in [3.05, 3.63) is 22.2 Å². The fourth-order valence-corrected chi connectivity index (χ4v) is 2.63. The summed E-state index contributed by atoms with van der Waals surface area (Å²) in [7, 11) is 0. The lowest BCUT2D eigenvalue weighted by Gasteiger charge is -2.14. The molecule has 3 rings (SSSR count). The molecule has 0 aromatic heterocycles. The van der Waals surface area contributed by atoms with E-state index in [1.807, 2.05) is 12.1 Å². The van der Waals surface area contributed by atoms with Crippen LogP contribution in [0.2, 0.25) is 0 Å². The first kappa shape index (κ1) is 9.96. The lowest BCUT2D eigenvalue weighted by Crippen LogP contribution is -2.23. The average Bonchev–Trinajstić information content (AvgIpc) is 2.85. The predicted octanol–water partition coefficient (Wildman–Crippen LogP) is 2.34. The minimum Gasteiger partial charge on any atom is -0.492 e. The number of nitrogens with zero attached hydrogens (tertiary/aromatic N) is 1. The van der Waals surface area contributed by atoms with E-state index in [1.54, 1.807) is 4.90 Å². The number of halogens is 1. The van der Waals surface area contributed by atoms with Crippen LogP contribution in [0.1, 0.15) is 5.56 Å². The highest BCUT2D eigenvalue weighted by Crippen LogP contribution is 2.38. The van der Waals surface area contributed by atoms with Crippen molar-refractivity contribution in [2.24, 2.45) is 0 Å². The van der Waals surface area contributed by atoms with Gasteiger partial charge in [0.05, 0.1) is 17.6 Å². The molecule has 0 spiro atoms. The van der Waals surface area contributed by atoms with Crippen LogP contribution in [0.15, 0.2) is 16.6 Å². The Kier molecular flexibility index (Phi) is 2.28. The van der Waals surface area contributed by atoms with Gasteiger partial charge in [-0.15, -0.1) is 0 Å². The van der Waals surface area contributed by atoms with Gasteiger partial charge in [-0.05, 0) is 28.1 Å². The van der Waals surface area contributed by atoms with Crippen LogP contribution in [0.3, 0.4) is 0 Å². The molecule has 2 aliphatic rings. The summed E-state index contributed by atoms with van der Waals surface area (Å²) in [5, 5.41) is 0. The maximum absolute atomic E-state index is 11.4. The number of hydrogen-bond donors (Lipinski definition) is 0. The average molecular weight is 284 g/mol. The van der Waals surface area contributed by atoms with Crippen LogP contribution in [-0.2, 0) is 11.2 Å². The van der Waals surface area contributed by atoms with E-state index < -0.39 is 0 Å². The molecular weight excluding hydrogens is 274 g/mol. The summed E-state index contributed by atoms with van der Waals surface area (Å²) in [6.07, 6.45) is 0.621. The van der Waals surface area contributed by atoms with Crippen molar-refractivity contribution in [3.63, 3.8) is 0 Å². The Hall–Kier alpha value is -1.23. The number of anilines is 1. The van der Waals surface area contributed by atoms with Crippen molar-refractivity contribution in [2.45, 2.75) is 6.42 Å². The molecule has 0 unspecified atom stereocenters. The molecule has 0 aliphatic carbocycles. The molecule has 0 N–H and O–H groups in total. The number of carbonyl (C=O) groups is 1. The zero-order chi connectivity index (χ0) is 11.1. The van der Waals surface area contributed by atoms with E-state index in [2.05, 4.69) is 15.9 Å². The van der Waals surface area contributed by atoms with E-state index in [-0.39, 0.29) is 6.09 Å². The van der Waals surface area contributed by atoms with E-state index in [1.165, 1.54) is 0 Å². The first-order valence-electron chi connectivity index (χ1n) is 5.15. The van der Waals surface area contributed by atoms with Gasteiger partial charge >= 0.3 is 6.09 Å². The molecule has 5 heteroatoms. The van der Waals surface area contributed by atoms with Crippen LogP contribution in [0, 0.1) is 0 Å². The summed E-state index contributed by atoms with van der Waals surface area (Å²) in [6, 6.07) is 3.90. The Morgan fingerprint density at radius 2 is 2.12 bits per heavy atom. The molecule has 0 radical (unpaired) electrons. The number of rotatable bonds is 1. The van der Waals surface area contributed by atoms with Crippen LogP contribution in [0.4, 0.5) is 10.5 Å². The maximum Gasteiger partial charge on any atom is 0.414 e. The Labute approximate surface area is 101 Å². The van der Waals surface area contributed by atoms with Gasteiger partial charge in [0.15, 0.2) is 0 Å². The van der Waals surface area contributed by atoms with Crippen LogP contribution in [0.5, 0.6) is 5.75 Å². The van der Waals surface area contributed by atoms with E-state index in [0.29, 0.717) is 19.8 Å². The van der Waals surface area contributed by atoms with Gasteiger partial charge in [-0.3, -0.25) is 4.90 Å². The van der Waals surface area contributed by atoms with Gasteiger partial charge in [-0.25, -0.2) is 4.79 Å². The Morgan fingerprint density at radius 1 is 1.25 bits per heavy atom. The molecule has 1 amide bonds. The van der Waals surface area contributed by atoms with Gasteiger partial charge in [0.1, 0.15) is 12.4 Å². The molecule has 1 aromatic rings.